The number of nitrogens with zero attached hydrogens (tertiary/aromatic N) is 1. The Morgan fingerprint density at radius 1 is 0.810 bits per heavy atom. The normalized spacial score (nSPS) is 10.6. The van der Waals surface area contributed by atoms with Crippen LogP contribution >= 0.6 is 0 Å². The molecule has 0 heterocycles. The fourth-order valence-electron chi connectivity index (χ4n) is 2.42. The van der Waals surface area contributed by atoms with Gasteiger partial charge in [-0.05, 0) is 40.6 Å². The van der Waals surface area contributed by atoms with Crippen molar-refractivity contribution in [3.05, 3.63) is 72.3 Å². The van der Waals surface area contributed by atoms with E-state index in [1.165, 1.54) is 22.0 Å². The number of anilines is 2. The van der Waals surface area contributed by atoms with E-state index in [9.17, 15) is 0 Å². The molecule has 0 bridgehead atoms. The number of nitrogens with one attached hydrogen (secondary N) is 1. The molecule has 21 heavy (non-hydrogen) atoms. The number of hydrogen-bond acceptors (Lipinski definition) is 2. The van der Waals surface area contributed by atoms with Crippen LogP contribution in [0.2, 0.25) is 0 Å². The molecule has 3 rings (SSSR count). The molecule has 3 aromatic carbocycles. The van der Waals surface area contributed by atoms with Crippen molar-refractivity contribution in [1.82, 2.24) is 0 Å². The fraction of sp³-hybridized carbons (Fsp3) is 0.158. The summed E-state index contributed by atoms with van der Waals surface area (Å²) in [5, 5.41) is 6.03. The van der Waals surface area contributed by atoms with Crippen LogP contribution in [0.5, 0.6) is 0 Å². The Hall–Kier alpha value is -2.48. The zero-order chi connectivity index (χ0) is 14.7. The Morgan fingerprint density at radius 3 is 2.24 bits per heavy atom. The minimum absolute atomic E-state index is 0.839. The van der Waals surface area contributed by atoms with E-state index in [1.54, 1.807) is 0 Å². The Kier molecular flexibility index (Phi) is 3.78. The highest BCUT2D eigenvalue weighted by atomic mass is 15.1. The molecule has 0 aliphatic rings. The summed E-state index contributed by atoms with van der Waals surface area (Å²) in [6, 6.07) is 23.6. The van der Waals surface area contributed by atoms with Gasteiger partial charge in [-0.3, -0.25) is 0 Å². The van der Waals surface area contributed by atoms with Gasteiger partial charge in [0.05, 0.1) is 0 Å². The first-order valence-corrected chi connectivity index (χ1v) is 7.21. The summed E-state index contributed by atoms with van der Waals surface area (Å²) in [7, 11) is 4.12. The maximum Gasteiger partial charge on any atom is 0.0400 e. The minimum atomic E-state index is 0.839. The maximum absolute atomic E-state index is 3.49. The van der Waals surface area contributed by atoms with Crippen LogP contribution in [0.1, 0.15) is 5.56 Å². The SMILES string of the molecule is CN(C)c1ccc(CNc2ccc3ccccc3c2)cc1. The first-order chi connectivity index (χ1) is 10.2. The van der Waals surface area contributed by atoms with Gasteiger partial charge in [0.2, 0.25) is 0 Å². The van der Waals surface area contributed by atoms with Crippen molar-refractivity contribution in [3.8, 4) is 0 Å². The molecule has 0 saturated carbocycles. The average molecular weight is 276 g/mol. The van der Waals surface area contributed by atoms with Crippen LogP contribution in [-0.4, -0.2) is 14.1 Å². The lowest BCUT2D eigenvalue weighted by Crippen LogP contribution is -2.08. The van der Waals surface area contributed by atoms with E-state index in [2.05, 4.69) is 91.0 Å². The molecule has 0 fully saturated rings. The second-order valence-electron chi connectivity index (χ2n) is 5.48. The molecule has 2 heteroatoms. The third kappa shape index (κ3) is 3.16. The third-order valence-electron chi connectivity index (χ3n) is 3.70. The Morgan fingerprint density at radius 2 is 1.52 bits per heavy atom. The van der Waals surface area contributed by atoms with Crippen molar-refractivity contribution in [3.63, 3.8) is 0 Å². The lowest BCUT2D eigenvalue weighted by atomic mass is 10.1. The van der Waals surface area contributed by atoms with Gasteiger partial charge >= 0.3 is 0 Å². The smallest absolute Gasteiger partial charge is 0.0400 e. The molecule has 3 aromatic rings. The Bertz CT molecular complexity index is 730. The van der Waals surface area contributed by atoms with Crippen molar-refractivity contribution in [2.75, 3.05) is 24.3 Å². The molecular weight excluding hydrogens is 256 g/mol. The molecule has 0 atom stereocenters. The lowest BCUT2D eigenvalue weighted by Gasteiger charge is -2.13. The van der Waals surface area contributed by atoms with Gasteiger partial charge in [0.1, 0.15) is 0 Å². The Balaban J connectivity index is 1.71. The van der Waals surface area contributed by atoms with Crippen LogP contribution < -0.4 is 10.2 Å². The molecule has 0 saturated heterocycles. The summed E-state index contributed by atoms with van der Waals surface area (Å²) in [6.45, 7) is 0.839. The molecule has 1 N–H and O–H groups in total. The second-order valence-corrected chi connectivity index (χ2v) is 5.48. The van der Waals surface area contributed by atoms with Gasteiger partial charge in [-0.2, -0.15) is 0 Å². The molecule has 0 radical (unpaired) electrons. The van der Waals surface area contributed by atoms with E-state index in [0.717, 1.165) is 12.2 Å². The van der Waals surface area contributed by atoms with Gasteiger partial charge in [0.25, 0.3) is 0 Å². The summed E-state index contributed by atoms with van der Waals surface area (Å²) < 4.78 is 0. The largest absolute Gasteiger partial charge is 0.381 e. The van der Waals surface area contributed by atoms with Crippen molar-refractivity contribution >= 4 is 22.1 Å². The summed E-state index contributed by atoms with van der Waals surface area (Å²) in [6.07, 6.45) is 0. The van der Waals surface area contributed by atoms with E-state index >= 15 is 0 Å². The molecule has 0 spiro atoms. The third-order valence-corrected chi connectivity index (χ3v) is 3.70. The molecule has 0 unspecified atom stereocenters. The quantitative estimate of drug-likeness (QED) is 0.753. The van der Waals surface area contributed by atoms with Crippen LogP contribution in [0.4, 0.5) is 11.4 Å². The zero-order valence-corrected chi connectivity index (χ0v) is 12.5. The Labute approximate surface area is 126 Å². The van der Waals surface area contributed by atoms with Gasteiger partial charge < -0.3 is 10.2 Å². The number of benzene rings is 3. The molecule has 2 nitrogen and oxygen atoms in total. The average Bonchev–Trinajstić information content (AvgIpc) is 2.53. The topological polar surface area (TPSA) is 15.3 Å². The molecule has 0 aromatic heterocycles. The summed E-state index contributed by atoms with van der Waals surface area (Å²) >= 11 is 0. The highest BCUT2D eigenvalue weighted by Crippen LogP contribution is 2.20. The fourth-order valence-corrected chi connectivity index (χ4v) is 2.42. The highest BCUT2D eigenvalue weighted by Gasteiger charge is 1.98. The highest BCUT2D eigenvalue weighted by molar-refractivity contribution is 5.85. The second kappa shape index (κ2) is 5.88. The van der Waals surface area contributed by atoms with E-state index in [0.29, 0.717) is 0 Å². The summed E-state index contributed by atoms with van der Waals surface area (Å²) in [5.74, 6) is 0. The number of hydrogen-bond donors (Lipinski definition) is 1. The van der Waals surface area contributed by atoms with Crippen LogP contribution in [0.3, 0.4) is 0 Å². The first kappa shape index (κ1) is 13.5. The van der Waals surface area contributed by atoms with Crippen molar-refractivity contribution in [1.29, 1.82) is 0 Å². The predicted octanol–water partition coefficient (Wildman–Crippen LogP) is 4.52. The van der Waals surface area contributed by atoms with Crippen LogP contribution in [-0.2, 0) is 6.54 Å². The van der Waals surface area contributed by atoms with Crippen molar-refractivity contribution in [2.24, 2.45) is 0 Å². The van der Waals surface area contributed by atoms with Gasteiger partial charge in [0, 0.05) is 32.0 Å². The maximum atomic E-state index is 3.49. The van der Waals surface area contributed by atoms with Crippen LogP contribution in [0.25, 0.3) is 10.8 Å². The summed E-state index contributed by atoms with van der Waals surface area (Å²) in [4.78, 5) is 2.11. The van der Waals surface area contributed by atoms with Gasteiger partial charge in [0.15, 0.2) is 0 Å². The van der Waals surface area contributed by atoms with Crippen LogP contribution in [0.15, 0.2) is 66.7 Å². The summed E-state index contributed by atoms with van der Waals surface area (Å²) in [5.41, 5.74) is 3.67. The lowest BCUT2D eigenvalue weighted by molar-refractivity contribution is 1.11. The predicted molar refractivity (Wildman–Crippen MR) is 92.0 cm³/mol. The van der Waals surface area contributed by atoms with Crippen molar-refractivity contribution < 1.29 is 0 Å². The van der Waals surface area contributed by atoms with Gasteiger partial charge in [-0.1, -0.05) is 42.5 Å². The zero-order valence-electron chi connectivity index (χ0n) is 12.5. The van der Waals surface area contributed by atoms with Crippen LogP contribution in [0, 0.1) is 0 Å². The minimum Gasteiger partial charge on any atom is -0.381 e. The number of fused-ring (bicyclic) bond motifs is 1. The van der Waals surface area contributed by atoms with E-state index in [-0.39, 0.29) is 0 Å². The standard InChI is InChI=1S/C19H20N2/c1-21(2)19-11-7-15(8-12-19)14-20-18-10-9-16-5-3-4-6-17(16)13-18/h3-13,20H,14H2,1-2H3. The van der Waals surface area contributed by atoms with E-state index in [4.69, 9.17) is 0 Å². The van der Waals surface area contributed by atoms with E-state index < -0.39 is 0 Å². The van der Waals surface area contributed by atoms with Crippen molar-refractivity contribution in [2.45, 2.75) is 6.54 Å². The molecule has 0 aliphatic heterocycles. The number of rotatable bonds is 4. The molecule has 0 aliphatic carbocycles. The molecular formula is C19H20N2. The van der Waals surface area contributed by atoms with E-state index in [1.807, 2.05) is 0 Å². The van der Waals surface area contributed by atoms with Gasteiger partial charge in [-0.15, -0.1) is 0 Å². The molecule has 0 amide bonds. The molecule has 106 valence electrons. The monoisotopic (exact) mass is 276 g/mol. The first-order valence-electron chi connectivity index (χ1n) is 7.21. The van der Waals surface area contributed by atoms with Gasteiger partial charge in [-0.25, -0.2) is 0 Å².